The van der Waals surface area contributed by atoms with E-state index in [1.807, 2.05) is 24.3 Å². The summed E-state index contributed by atoms with van der Waals surface area (Å²) in [5.74, 6) is -0.324. The van der Waals surface area contributed by atoms with Gasteiger partial charge in [0.05, 0.1) is 5.56 Å². The van der Waals surface area contributed by atoms with Crippen LogP contribution in [-0.4, -0.2) is 16.1 Å². The van der Waals surface area contributed by atoms with Gasteiger partial charge in [0.25, 0.3) is 0 Å². The zero-order chi connectivity index (χ0) is 13.0. The number of hydrogen-bond acceptors (Lipinski definition) is 3. The molecular formula is C13H11BrN2O2. The average molecular weight is 307 g/mol. The van der Waals surface area contributed by atoms with Crippen molar-refractivity contribution in [1.82, 2.24) is 4.98 Å². The van der Waals surface area contributed by atoms with Crippen LogP contribution in [0.3, 0.4) is 0 Å². The minimum absolute atomic E-state index is 0.182. The highest BCUT2D eigenvalue weighted by atomic mass is 79.9. The van der Waals surface area contributed by atoms with Gasteiger partial charge in [-0.3, -0.25) is 0 Å². The molecule has 18 heavy (non-hydrogen) atoms. The number of nitrogens with one attached hydrogen (secondary N) is 1. The van der Waals surface area contributed by atoms with Crippen molar-refractivity contribution in [3.05, 3.63) is 58.2 Å². The van der Waals surface area contributed by atoms with Crippen LogP contribution in [0.5, 0.6) is 0 Å². The van der Waals surface area contributed by atoms with E-state index in [1.54, 1.807) is 6.07 Å². The molecular weight excluding hydrogens is 296 g/mol. The lowest BCUT2D eigenvalue weighted by Gasteiger charge is -2.07. The molecule has 0 saturated heterocycles. The van der Waals surface area contributed by atoms with Gasteiger partial charge in [0.1, 0.15) is 5.82 Å². The molecule has 0 aliphatic carbocycles. The number of aromatic carboxylic acids is 1. The van der Waals surface area contributed by atoms with Gasteiger partial charge in [0, 0.05) is 17.2 Å². The molecule has 0 spiro atoms. The minimum atomic E-state index is -0.972. The van der Waals surface area contributed by atoms with Crippen molar-refractivity contribution in [2.45, 2.75) is 6.54 Å². The van der Waals surface area contributed by atoms with E-state index in [-0.39, 0.29) is 5.56 Å². The first-order chi connectivity index (χ1) is 8.66. The lowest BCUT2D eigenvalue weighted by molar-refractivity contribution is 0.0696. The Morgan fingerprint density at radius 3 is 2.67 bits per heavy atom. The van der Waals surface area contributed by atoms with E-state index in [0.29, 0.717) is 12.4 Å². The van der Waals surface area contributed by atoms with Crippen molar-refractivity contribution >= 4 is 27.7 Å². The number of pyridine rings is 1. The summed E-state index contributed by atoms with van der Waals surface area (Å²) in [5, 5.41) is 11.9. The predicted octanol–water partition coefficient (Wildman–Crippen LogP) is 3.15. The predicted molar refractivity (Wildman–Crippen MR) is 72.7 cm³/mol. The van der Waals surface area contributed by atoms with Crippen molar-refractivity contribution in [3.63, 3.8) is 0 Å². The molecule has 1 heterocycles. The minimum Gasteiger partial charge on any atom is -0.478 e. The van der Waals surface area contributed by atoms with Gasteiger partial charge in [0.15, 0.2) is 0 Å². The number of benzene rings is 1. The van der Waals surface area contributed by atoms with E-state index in [4.69, 9.17) is 5.11 Å². The Bertz CT molecular complexity index is 555. The summed E-state index contributed by atoms with van der Waals surface area (Å²) in [7, 11) is 0. The first-order valence-electron chi connectivity index (χ1n) is 5.33. The van der Waals surface area contributed by atoms with E-state index >= 15 is 0 Å². The van der Waals surface area contributed by atoms with Crippen LogP contribution >= 0.6 is 15.9 Å². The molecule has 0 aliphatic rings. The number of anilines is 1. The smallest absolute Gasteiger partial charge is 0.337 e. The molecule has 0 atom stereocenters. The van der Waals surface area contributed by atoms with Gasteiger partial charge in [-0.2, -0.15) is 0 Å². The summed E-state index contributed by atoms with van der Waals surface area (Å²) in [5.41, 5.74) is 1.29. The Balaban J connectivity index is 2.02. The molecule has 2 aromatic rings. The van der Waals surface area contributed by atoms with Gasteiger partial charge in [-0.25, -0.2) is 9.78 Å². The Hall–Kier alpha value is -1.88. The first-order valence-corrected chi connectivity index (χ1v) is 6.13. The molecule has 0 unspecified atom stereocenters. The third kappa shape index (κ3) is 3.07. The van der Waals surface area contributed by atoms with Crippen LogP contribution < -0.4 is 5.32 Å². The van der Waals surface area contributed by atoms with Gasteiger partial charge in [-0.1, -0.05) is 34.1 Å². The Morgan fingerprint density at radius 1 is 1.28 bits per heavy atom. The van der Waals surface area contributed by atoms with Gasteiger partial charge in [-0.15, -0.1) is 0 Å². The van der Waals surface area contributed by atoms with Crippen LogP contribution in [0.4, 0.5) is 5.82 Å². The van der Waals surface area contributed by atoms with E-state index in [1.165, 1.54) is 12.3 Å². The average Bonchev–Trinajstić information content (AvgIpc) is 2.38. The largest absolute Gasteiger partial charge is 0.478 e. The standard InChI is InChI=1S/C13H11BrN2O2/c14-11-4-2-1-3-9(11)7-15-12-6-5-10(8-16-12)13(17)18/h1-6,8H,7H2,(H,15,16)(H,17,18). The van der Waals surface area contributed by atoms with Crippen LogP contribution in [0.2, 0.25) is 0 Å². The monoisotopic (exact) mass is 306 g/mol. The Morgan fingerprint density at radius 2 is 2.06 bits per heavy atom. The van der Waals surface area contributed by atoms with Crippen LogP contribution in [0.1, 0.15) is 15.9 Å². The van der Waals surface area contributed by atoms with Crippen LogP contribution in [0.15, 0.2) is 47.1 Å². The lowest BCUT2D eigenvalue weighted by Crippen LogP contribution is -2.03. The van der Waals surface area contributed by atoms with E-state index in [2.05, 4.69) is 26.2 Å². The number of halogens is 1. The number of rotatable bonds is 4. The fraction of sp³-hybridized carbons (Fsp3) is 0.0769. The van der Waals surface area contributed by atoms with Gasteiger partial charge in [-0.05, 0) is 23.8 Å². The van der Waals surface area contributed by atoms with Crippen molar-refractivity contribution in [1.29, 1.82) is 0 Å². The van der Waals surface area contributed by atoms with E-state index < -0.39 is 5.97 Å². The normalized spacial score (nSPS) is 10.1. The summed E-state index contributed by atoms with van der Waals surface area (Å²) < 4.78 is 1.03. The summed E-state index contributed by atoms with van der Waals surface area (Å²) in [6.45, 7) is 0.626. The molecule has 5 heteroatoms. The third-order valence-electron chi connectivity index (χ3n) is 2.43. The van der Waals surface area contributed by atoms with Crippen molar-refractivity contribution in [2.75, 3.05) is 5.32 Å². The second-order valence-electron chi connectivity index (χ2n) is 3.68. The van der Waals surface area contributed by atoms with Crippen LogP contribution in [-0.2, 0) is 6.54 Å². The third-order valence-corrected chi connectivity index (χ3v) is 3.20. The maximum Gasteiger partial charge on any atom is 0.337 e. The summed E-state index contributed by atoms with van der Waals surface area (Å²) in [6.07, 6.45) is 1.34. The molecule has 92 valence electrons. The molecule has 0 amide bonds. The fourth-order valence-electron chi connectivity index (χ4n) is 1.45. The van der Waals surface area contributed by atoms with Crippen molar-refractivity contribution in [2.24, 2.45) is 0 Å². The number of carbonyl (C=O) groups is 1. The highest BCUT2D eigenvalue weighted by Gasteiger charge is 2.03. The molecule has 0 saturated carbocycles. The maximum atomic E-state index is 10.7. The highest BCUT2D eigenvalue weighted by molar-refractivity contribution is 9.10. The number of carboxylic acid groups (broad SMARTS) is 1. The van der Waals surface area contributed by atoms with Gasteiger partial charge in [0.2, 0.25) is 0 Å². The molecule has 0 bridgehead atoms. The topological polar surface area (TPSA) is 62.2 Å². The maximum absolute atomic E-state index is 10.7. The first kappa shape index (κ1) is 12.6. The zero-order valence-electron chi connectivity index (χ0n) is 9.43. The van der Waals surface area contributed by atoms with E-state index in [9.17, 15) is 4.79 Å². The molecule has 2 N–H and O–H groups in total. The molecule has 1 aromatic carbocycles. The summed E-state index contributed by atoms with van der Waals surface area (Å²) in [6, 6.07) is 11.1. The lowest BCUT2D eigenvalue weighted by atomic mass is 10.2. The molecule has 0 aliphatic heterocycles. The Labute approximate surface area is 113 Å². The van der Waals surface area contributed by atoms with E-state index in [0.717, 1.165) is 10.0 Å². The molecule has 4 nitrogen and oxygen atoms in total. The molecule has 2 rings (SSSR count). The van der Waals surface area contributed by atoms with Gasteiger partial charge >= 0.3 is 5.97 Å². The number of nitrogens with zero attached hydrogens (tertiary/aromatic N) is 1. The van der Waals surface area contributed by atoms with Crippen LogP contribution in [0.25, 0.3) is 0 Å². The van der Waals surface area contributed by atoms with Crippen molar-refractivity contribution < 1.29 is 9.90 Å². The fourth-order valence-corrected chi connectivity index (χ4v) is 1.88. The summed E-state index contributed by atoms with van der Waals surface area (Å²) >= 11 is 3.46. The summed E-state index contributed by atoms with van der Waals surface area (Å²) in [4.78, 5) is 14.7. The SMILES string of the molecule is O=C(O)c1ccc(NCc2ccccc2Br)nc1. The second kappa shape index (κ2) is 5.64. The molecule has 0 radical (unpaired) electrons. The number of aromatic nitrogens is 1. The Kier molecular flexibility index (Phi) is 3.94. The quantitative estimate of drug-likeness (QED) is 0.911. The van der Waals surface area contributed by atoms with Crippen molar-refractivity contribution in [3.8, 4) is 0 Å². The number of hydrogen-bond donors (Lipinski definition) is 2. The molecule has 1 aromatic heterocycles. The second-order valence-corrected chi connectivity index (χ2v) is 4.54. The zero-order valence-corrected chi connectivity index (χ0v) is 11.0. The highest BCUT2D eigenvalue weighted by Crippen LogP contribution is 2.17. The van der Waals surface area contributed by atoms with Crippen LogP contribution in [0, 0.1) is 0 Å². The number of carboxylic acids is 1. The van der Waals surface area contributed by atoms with Gasteiger partial charge < -0.3 is 10.4 Å². The molecule has 0 fully saturated rings.